The monoisotopic (exact) mass is 1390 g/mol. The Hall–Kier alpha value is -10.3. The van der Waals surface area contributed by atoms with Crippen LogP contribution in [0.2, 0.25) is 0 Å². The lowest BCUT2D eigenvalue weighted by Gasteiger charge is -2.33. The van der Waals surface area contributed by atoms with Crippen molar-refractivity contribution in [2.24, 2.45) is 0 Å². The fourth-order valence-corrected chi connectivity index (χ4v) is 11.3. The number of hydrogen-bond donors (Lipinski definition) is 4. The molecule has 0 unspecified atom stereocenters. The summed E-state index contributed by atoms with van der Waals surface area (Å²) < 4.78 is 76.9. The van der Waals surface area contributed by atoms with Crippen LogP contribution < -0.4 is 27.2 Å². The summed E-state index contributed by atoms with van der Waals surface area (Å²) in [4.78, 5) is 58.1. The van der Waals surface area contributed by atoms with Crippen molar-refractivity contribution in [3.63, 3.8) is 0 Å². The predicted molar refractivity (Wildman–Crippen MR) is 341 cm³/mol. The molecule has 0 spiro atoms. The molecule has 30 heteroatoms. The van der Waals surface area contributed by atoms with E-state index < -0.39 is 64.5 Å². The van der Waals surface area contributed by atoms with Crippen LogP contribution in [-0.4, -0.2) is 81.3 Å². The Morgan fingerprint density at radius 3 is 1.73 bits per heavy atom. The molecule has 0 saturated heterocycles. The molecule has 4 heterocycles. The van der Waals surface area contributed by atoms with Crippen LogP contribution in [0, 0.1) is 45.9 Å². The summed E-state index contributed by atoms with van der Waals surface area (Å²) >= 11 is 7.39. The highest BCUT2D eigenvalue weighted by atomic mass is 35.5. The fraction of sp³-hybridized carbons (Fsp3) is 0.212. The number of ether oxygens (including phenoxy) is 2. The topological polar surface area (TPSA) is 298 Å². The molecular formula is C66H60Cl2F4N12O10S2. The quantitative estimate of drug-likeness (QED) is 0.0254. The molecule has 0 bridgehead atoms. The minimum atomic E-state index is -2.02. The van der Waals surface area contributed by atoms with Crippen molar-refractivity contribution in [1.29, 1.82) is 10.5 Å². The second-order valence-corrected chi connectivity index (χ2v) is 22.6. The zero-order chi connectivity index (χ0) is 68.8. The molecule has 6 aromatic carbocycles. The molecule has 0 aliphatic heterocycles. The molecule has 4 atom stereocenters. The smallest absolute Gasteiger partial charge is 0.429 e. The molecular weight excluding hydrogens is 1330 g/mol. The average Bonchev–Trinajstić information content (AvgIpc) is 1.67. The van der Waals surface area contributed by atoms with Crippen LogP contribution in [0.5, 0.6) is 0 Å². The molecule has 498 valence electrons. The van der Waals surface area contributed by atoms with Crippen LogP contribution in [0.15, 0.2) is 170 Å². The van der Waals surface area contributed by atoms with Crippen molar-refractivity contribution in [2.75, 3.05) is 17.3 Å². The lowest BCUT2D eigenvalue weighted by atomic mass is 9.82. The molecule has 4 N–H and O–H groups in total. The minimum Gasteiger partial charge on any atom is -1.00 e. The first-order chi connectivity index (χ1) is 45.6. The van der Waals surface area contributed by atoms with Gasteiger partial charge in [0.1, 0.15) is 78.4 Å². The number of esters is 1. The SMILES string of the molecule is CC(=O)OCc1ccccc1N(C)C(=O)OC[n+]1cnn(C[C@](O)(c2cc(F)ccc2F)[C@@H](C)c2nc(-c3ccc(C#N)cc3)cs2)c1.CC=O.C[C@@H](c1nc(-c2ccc(C#N)cc2)cs1)[C@](O)(Cn1cncn1)c1cc(F)ccc1F.O=C(Nc1ccccc1CO)OCl.[Cl-]. The number of rotatable bonds is 19. The number of halogens is 6. The van der Waals surface area contributed by atoms with E-state index in [1.165, 1.54) is 87.7 Å². The molecule has 0 aliphatic carbocycles. The molecule has 96 heavy (non-hydrogen) atoms. The van der Waals surface area contributed by atoms with Crippen molar-refractivity contribution in [2.45, 2.75) is 83.8 Å². The van der Waals surface area contributed by atoms with E-state index in [1.54, 1.807) is 116 Å². The van der Waals surface area contributed by atoms with Gasteiger partial charge in [0.2, 0.25) is 13.1 Å². The Morgan fingerprint density at radius 1 is 0.750 bits per heavy atom. The zero-order valence-electron chi connectivity index (χ0n) is 51.6. The van der Waals surface area contributed by atoms with Gasteiger partial charge >= 0.3 is 18.2 Å². The first kappa shape index (κ1) is 74.7. The van der Waals surface area contributed by atoms with E-state index in [4.69, 9.17) is 41.8 Å². The van der Waals surface area contributed by atoms with Crippen LogP contribution in [0.25, 0.3) is 22.5 Å². The number of aromatic nitrogens is 8. The van der Waals surface area contributed by atoms with Gasteiger partial charge in [0.25, 0.3) is 6.33 Å². The van der Waals surface area contributed by atoms with Gasteiger partial charge in [-0.05, 0) is 79.7 Å². The first-order valence-corrected chi connectivity index (χ1v) is 30.5. The van der Waals surface area contributed by atoms with Gasteiger partial charge in [-0.1, -0.05) is 74.5 Å². The number of anilines is 2. The van der Waals surface area contributed by atoms with E-state index in [2.05, 4.69) is 46.9 Å². The summed E-state index contributed by atoms with van der Waals surface area (Å²) in [6.45, 7) is 5.25. The Labute approximate surface area is 567 Å². The lowest BCUT2D eigenvalue weighted by molar-refractivity contribution is -0.727. The summed E-state index contributed by atoms with van der Waals surface area (Å²) in [7, 11) is 1.52. The third-order valence-corrected chi connectivity index (χ3v) is 16.6. The van der Waals surface area contributed by atoms with Crippen molar-refractivity contribution in [1.82, 2.24) is 34.5 Å². The summed E-state index contributed by atoms with van der Waals surface area (Å²) in [5, 5.41) is 66.0. The van der Waals surface area contributed by atoms with Gasteiger partial charge in [0, 0.05) is 80.7 Å². The van der Waals surface area contributed by atoms with Gasteiger partial charge in [0.15, 0.2) is 0 Å². The van der Waals surface area contributed by atoms with Crippen molar-refractivity contribution in [3.05, 3.63) is 236 Å². The van der Waals surface area contributed by atoms with Crippen LogP contribution in [0.4, 0.5) is 38.5 Å². The molecule has 22 nitrogen and oxygen atoms in total. The van der Waals surface area contributed by atoms with Gasteiger partial charge in [-0.15, -0.1) is 27.4 Å². The second-order valence-electron chi connectivity index (χ2n) is 20.7. The van der Waals surface area contributed by atoms with Crippen LogP contribution in [0.1, 0.15) is 82.9 Å². The van der Waals surface area contributed by atoms with E-state index in [1.807, 2.05) is 5.38 Å². The van der Waals surface area contributed by atoms with Crippen LogP contribution >= 0.6 is 34.5 Å². The van der Waals surface area contributed by atoms with E-state index >= 15 is 4.39 Å². The molecule has 0 fully saturated rings. The number of amides is 2. The number of thiazole rings is 2. The Balaban J connectivity index is 0.000000257. The molecule has 10 aromatic rings. The number of hydrogen-bond acceptors (Lipinski definition) is 19. The van der Waals surface area contributed by atoms with E-state index in [0.29, 0.717) is 55.0 Å². The van der Waals surface area contributed by atoms with Crippen LogP contribution in [-0.2, 0) is 67.6 Å². The highest BCUT2D eigenvalue weighted by Gasteiger charge is 2.44. The lowest BCUT2D eigenvalue weighted by Crippen LogP contribution is -3.00. The van der Waals surface area contributed by atoms with Crippen molar-refractivity contribution >= 4 is 70.4 Å². The standard InChI is InChI=1S/C34H31F2N6O5S.C22H17F2N5OS.C8H8ClNO3.C2H4O.ClH/c1-22(32-39-30(17-48-32)25-10-8-24(15-37)9-11-25)34(45,28-14-27(35)12-13-29(28)36)18-42-20-41(19-38-42)21-47-33(44)40(3)31-7-5-4-6-26(31)16-46-23(2)43;1-14(21-28-20(10-31-21)16-4-2-15(9-25)3-5-16)22(30,11-29-13-26-12-27-29)18-8-17(23)6-7-19(18)24;9-13-8(12)10-7-4-2-1-3-6(7)5-11;1-2-3;/h4-14,17,19-20,22,45H,16,18,21H2,1-3H3;2-8,10,12-14,30H,11H2,1H3;1-4,11H,5H2,(H,10,12);2H,1H3;1H/q+1;;;;/p-1/t22-,34+;14-,22+;;;/m00.../s1. The summed E-state index contributed by atoms with van der Waals surface area (Å²) in [5.41, 5.74) is 1.76. The number of nitrogens with one attached hydrogen (secondary N) is 1. The summed E-state index contributed by atoms with van der Waals surface area (Å²) in [6.07, 6.45) is 4.81. The maximum atomic E-state index is 15.2. The van der Waals surface area contributed by atoms with Gasteiger partial charge in [-0.2, -0.15) is 15.6 Å². The van der Waals surface area contributed by atoms with Crippen LogP contribution in [0.3, 0.4) is 0 Å². The van der Waals surface area contributed by atoms with E-state index in [0.717, 1.165) is 53.8 Å². The Morgan fingerprint density at radius 2 is 1.25 bits per heavy atom. The van der Waals surface area contributed by atoms with Gasteiger partial charge in [-0.3, -0.25) is 15.0 Å². The van der Waals surface area contributed by atoms with Crippen molar-refractivity contribution in [3.8, 4) is 34.7 Å². The highest BCUT2D eigenvalue weighted by Crippen LogP contribution is 2.43. The Kier molecular flexibility index (Phi) is 27.5. The predicted octanol–water partition coefficient (Wildman–Crippen LogP) is 8.76. The normalized spacial score (nSPS) is 12.4. The first-order valence-electron chi connectivity index (χ1n) is 28.4. The second kappa shape index (κ2) is 35.3. The van der Waals surface area contributed by atoms with Gasteiger partial charge in [-0.25, -0.2) is 51.4 Å². The number of aliphatic hydroxyl groups is 3. The molecule has 0 saturated carbocycles. The van der Waals surface area contributed by atoms with Crippen molar-refractivity contribution < 1.29 is 82.8 Å². The molecule has 4 aromatic heterocycles. The molecule has 0 aliphatic rings. The number of benzene rings is 6. The van der Waals surface area contributed by atoms with Gasteiger partial charge in [0.05, 0.1) is 63.5 Å². The summed E-state index contributed by atoms with van der Waals surface area (Å²) in [5.74, 6) is -4.88. The number of para-hydroxylation sites is 2. The maximum absolute atomic E-state index is 15.2. The van der Waals surface area contributed by atoms with E-state index in [9.17, 15) is 37.8 Å². The third-order valence-electron chi connectivity index (χ3n) is 14.4. The number of aldehydes is 1. The number of carbonyl (C=O) groups excluding carboxylic acids is 4. The molecule has 2 amide bonds. The number of nitriles is 2. The highest BCUT2D eigenvalue weighted by molar-refractivity contribution is 7.10. The number of carbonyl (C=O) groups is 4. The maximum Gasteiger partial charge on any atom is 0.429 e. The van der Waals surface area contributed by atoms with Gasteiger partial charge < -0.3 is 46.3 Å². The fourth-order valence-electron chi connectivity index (χ4n) is 9.34. The Bertz CT molecular complexity index is 4330. The largest absolute Gasteiger partial charge is 1.00 e. The number of nitrogens with zero attached hydrogens (tertiary/aromatic N) is 11. The average molecular weight is 1390 g/mol. The summed E-state index contributed by atoms with van der Waals surface area (Å²) in [6, 6.07) is 37.5. The minimum absolute atomic E-state index is 0. The zero-order valence-corrected chi connectivity index (χ0v) is 54.8. The number of aliphatic hydroxyl groups excluding tert-OH is 1. The van der Waals surface area contributed by atoms with E-state index in [-0.39, 0.29) is 56.6 Å². The molecule has 10 rings (SSSR count). The molecule has 0 radical (unpaired) electrons. The third kappa shape index (κ3) is 19.4.